The number of aliphatic hydroxyl groups excluding tert-OH is 1. The molecule has 1 rings (SSSR count). The van der Waals surface area contributed by atoms with Crippen molar-refractivity contribution in [3.05, 3.63) is 35.9 Å². The predicted octanol–water partition coefficient (Wildman–Crippen LogP) is 5.93. The summed E-state index contributed by atoms with van der Waals surface area (Å²) < 4.78 is 12.3. The fraction of sp³-hybridized carbons (Fsp3) is 0.727. The van der Waals surface area contributed by atoms with Crippen LogP contribution in [0.5, 0.6) is 0 Å². The fourth-order valence-corrected chi connectivity index (χ4v) is 10.1. The molecule has 0 aliphatic heterocycles. The quantitative estimate of drug-likeness (QED) is 0.512. The van der Waals surface area contributed by atoms with Crippen LogP contribution in [-0.4, -0.2) is 32.7 Å². The molecular formula is C22H40O3Si. The highest BCUT2D eigenvalue weighted by Gasteiger charge is 2.54. The summed E-state index contributed by atoms with van der Waals surface area (Å²) in [4.78, 5) is 0. The van der Waals surface area contributed by atoms with Gasteiger partial charge in [-0.15, -0.1) is 0 Å². The van der Waals surface area contributed by atoms with E-state index in [-0.39, 0.29) is 10.1 Å². The lowest BCUT2D eigenvalue weighted by atomic mass is 10.2. The number of benzene rings is 1. The number of unbranched alkanes of at least 4 members (excludes halogenated alkanes) is 1. The van der Waals surface area contributed by atoms with Crippen molar-refractivity contribution < 1.29 is 14.3 Å². The third-order valence-corrected chi connectivity index (χ3v) is 11.8. The Hall–Kier alpha value is -0.683. The molecule has 3 nitrogen and oxygen atoms in total. The van der Waals surface area contributed by atoms with Gasteiger partial charge >= 0.3 is 0 Å². The van der Waals surface area contributed by atoms with Gasteiger partial charge in [-0.1, -0.05) is 91.6 Å². The Kier molecular flexibility index (Phi) is 9.00. The van der Waals surface area contributed by atoms with Gasteiger partial charge in [0, 0.05) is 0 Å². The van der Waals surface area contributed by atoms with E-state index in [1.807, 2.05) is 30.3 Å². The number of hydrogen-bond donors (Lipinski definition) is 1. The van der Waals surface area contributed by atoms with Crippen molar-refractivity contribution in [1.82, 2.24) is 0 Å². The third-order valence-electron chi connectivity index (χ3n) is 5.25. The standard InChI is InChI=1S/C22H40O3Si/c1-8-9-15-26(21(2,3)4,22(5,6)7)25-18-20(23)17-24-16-19-13-11-10-12-14-19/h10-14,20,23H,8-9,15-18H2,1-7H3. The van der Waals surface area contributed by atoms with E-state index in [1.165, 1.54) is 12.8 Å². The Morgan fingerprint density at radius 2 is 1.54 bits per heavy atom. The maximum Gasteiger partial charge on any atom is 0.203 e. The Balaban J connectivity index is 2.66. The van der Waals surface area contributed by atoms with Crippen molar-refractivity contribution in [2.45, 2.75) is 90.1 Å². The molecule has 1 atom stereocenters. The number of ether oxygens (including phenoxy) is 1. The number of rotatable bonds is 10. The van der Waals surface area contributed by atoms with Gasteiger partial charge in [0.1, 0.15) is 0 Å². The minimum atomic E-state index is -2.10. The summed E-state index contributed by atoms with van der Waals surface area (Å²) >= 11 is 0. The van der Waals surface area contributed by atoms with Crippen molar-refractivity contribution in [3.8, 4) is 0 Å². The van der Waals surface area contributed by atoms with E-state index >= 15 is 0 Å². The lowest BCUT2D eigenvalue weighted by Crippen LogP contribution is -2.55. The molecule has 0 aliphatic carbocycles. The van der Waals surface area contributed by atoms with E-state index < -0.39 is 14.4 Å². The van der Waals surface area contributed by atoms with Crippen LogP contribution >= 0.6 is 0 Å². The van der Waals surface area contributed by atoms with Crippen LogP contribution in [-0.2, 0) is 15.8 Å². The molecule has 4 heteroatoms. The Morgan fingerprint density at radius 1 is 0.962 bits per heavy atom. The van der Waals surface area contributed by atoms with Gasteiger partial charge in [0.25, 0.3) is 0 Å². The smallest absolute Gasteiger partial charge is 0.203 e. The summed E-state index contributed by atoms with van der Waals surface area (Å²) in [6.07, 6.45) is 1.77. The molecule has 1 aromatic carbocycles. The lowest BCUT2D eigenvalue weighted by Gasteiger charge is -2.51. The highest BCUT2D eigenvalue weighted by molar-refractivity contribution is 6.79. The molecule has 0 spiro atoms. The van der Waals surface area contributed by atoms with Gasteiger partial charge in [0.2, 0.25) is 8.32 Å². The summed E-state index contributed by atoms with van der Waals surface area (Å²) in [5, 5.41) is 10.7. The summed E-state index contributed by atoms with van der Waals surface area (Å²) in [6.45, 7) is 17.2. The molecule has 0 aliphatic rings. The van der Waals surface area contributed by atoms with Gasteiger partial charge in [0.05, 0.1) is 25.9 Å². The van der Waals surface area contributed by atoms with Gasteiger partial charge in [-0.05, 0) is 21.7 Å². The summed E-state index contributed by atoms with van der Waals surface area (Å²) in [5.74, 6) is 0. The predicted molar refractivity (Wildman–Crippen MR) is 113 cm³/mol. The molecule has 0 saturated heterocycles. The Morgan fingerprint density at radius 3 is 2.04 bits per heavy atom. The van der Waals surface area contributed by atoms with Crippen LogP contribution in [0.4, 0.5) is 0 Å². The van der Waals surface area contributed by atoms with Crippen LogP contribution in [0, 0.1) is 0 Å². The first kappa shape index (κ1) is 23.4. The summed E-state index contributed by atoms with van der Waals surface area (Å²) in [7, 11) is -2.10. The second-order valence-corrected chi connectivity index (χ2v) is 14.8. The number of aliphatic hydroxyl groups is 1. The molecule has 26 heavy (non-hydrogen) atoms. The minimum absolute atomic E-state index is 0.116. The second kappa shape index (κ2) is 10.0. The van der Waals surface area contributed by atoms with Crippen molar-refractivity contribution in [3.63, 3.8) is 0 Å². The molecule has 0 heterocycles. The zero-order valence-corrected chi connectivity index (χ0v) is 19.0. The summed E-state index contributed by atoms with van der Waals surface area (Å²) in [5.41, 5.74) is 1.12. The van der Waals surface area contributed by atoms with Gasteiger partial charge in [-0.3, -0.25) is 0 Å². The monoisotopic (exact) mass is 380 g/mol. The molecule has 1 aromatic rings. The second-order valence-electron chi connectivity index (χ2n) is 9.40. The van der Waals surface area contributed by atoms with Gasteiger partial charge in [0.15, 0.2) is 0 Å². The van der Waals surface area contributed by atoms with Crippen molar-refractivity contribution in [1.29, 1.82) is 0 Å². The first-order valence-corrected chi connectivity index (χ1v) is 12.1. The molecule has 1 N–H and O–H groups in total. The van der Waals surface area contributed by atoms with Crippen LogP contribution < -0.4 is 0 Å². The highest BCUT2D eigenvalue weighted by Crippen LogP contribution is 2.54. The highest BCUT2D eigenvalue weighted by atomic mass is 28.4. The van der Waals surface area contributed by atoms with E-state index in [0.717, 1.165) is 11.6 Å². The first-order valence-electron chi connectivity index (χ1n) is 9.97. The fourth-order valence-electron chi connectivity index (χ4n) is 3.98. The molecule has 0 fully saturated rings. The topological polar surface area (TPSA) is 38.7 Å². The van der Waals surface area contributed by atoms with E-state index in [9.17, 15) is 5.11 Å². The van der Waals surface area contributed by atoms with Crippen molar-refractivity contribution in [2.75, 3.05) is 13.2 Å². The molecule has 0 amide bonds. The third kappa shape index (κ3) is 6.49. The van der Waals surface area contributed by atoms with E-state index in [4.69, 9.17) is 9.16 Å². The maximum absolute atomic E-state index is 10.4. The van der Waals surface area contributed by atoms with Crippen LogP contribution in [0.1, 0.15) is 66.9 Å². The van der Waals surface area contributed by atoms with Crippen molar-refractivity contribution >= 4 is 8.32 Å². The van der Waals surface area contributed by atoms with Crippen LogP contribution in [0.25, 0.3) is 0 Å². The lowest BCUT2D eigenvalue weighted by molar-refractivity contribution is 0.000886. The van der Waals surface area contributed by atoms with Gasteiger partial charge < -0.3 is 14.3 Å². The Bertz CT molecular complexity index is 488. The molecule has 0 aromatic heterocycles. The molecular weight excluding hydrogens is 340 g/mol. The molecule has 0 radical (unpaired) electrons. The number of hydrogen-bond acceptors (Lipinski definition) is 3. The molecule has 1 unspecified atom stereocenters. The van der Waals surface area contributed by atoms with Gasteiger partial charge in [-0.2, -0.15) is 0 Å². The van der Waals surface area contributed by atoms with Crippen molar-refractivity contribution in [2.24, 2.45) is 0 Å². The largest absolute Gasteiger partial charge is 0.413 e. The normalized spacial score (nSPS) is 14.5. The molecule has 150 valence electrons. The van der Waals surface area contributed by atoms with Crippen LogP contribution in [0.3, 0.4) is 0 Å². The van der Waals surface area contributed by atoms with E-state index in [2.05, 4.69) is 48.5 Å². The Labute approximate surface area is 162 Å². The van der Waals surface area contributed by atoms with Gasteiger partial charge in [-0.25, -0.2) is 0 Å². The van der Waals surface area contributed by atoms with Crippen LogP contribution in [0.2, 0.25) is 16.1 Å². The molecule has 0 bridgehead atoms. The maximum atomic E-state index is 10.4. The average molecular weight is 381 g/mol. The zero-order chi connectivity index (χ0) is 19.8. The first-order chi connectivity index (χ1) is 12.0. The summed E-state index contributed by atoms with van der Waals surface area (Å²) in [6, 6.07) is 11.2. The van der Waals surface area contributed by atoms with Crippen LogP contribution in [0.15, 0.2) is 30.3 Å². The average Bonchev–Trinajstić information content (AvgIpc) is 2.53. The molecule has 0 saturated carbocycles. The zero-order valence-electron chi connectivity index (χ0n) is 18.0. The van der Waals surface area contributed by atoms with E-state index in [1.54, 1.807) is 0 Å². The van der Waals surface area contributed by atoms with E-state index in [0.29, 0.717) is 19.8 Å². The SMILES string of the molecule is CCCC[Si](OCC(O)COCc1ccccc1)(C(C)(C)C)C(C)(C)C. The minimum Gasteiger partial charge on any atom is -0.413 e.